The fourth-order valence-corrected chi connectivity index (χ4v) is 9.43. The van der Waals surface area contributed by atoms with E-state index in [4.69, 9.17) is 43.4 Å². The van der Waals surface area contributed by atoms with Crippen LogP contribution in [0.3, 0.4) is 0 Å². The standard InChI is InChI=1S/C67H110N6O6/c1-11-17-23-25-27-43-74-59-36-33-56(49-62(59)75-44-28-26-24-18-12-2)68-65-71-66(69-57-34-37-60(76-45-39-52(7)29-19-13-3)63(50-57)78-47-41-54(9)31-21-15-5)73-67(72-65)70-58-35-38-61(77-46-40-53(8)30-20-14-4)64(51-58)79-48-42-55(10)32-22-16-6/h33-38,49-55H,11-32,39-48H2,1-10H3,(H3,68,69,70,71,72,73). The lowest BCUT2D eigenvalue weighted by molar-refractivity contribution is 0.238. The van der Waals surface area contributed by atoms with Crippen molar-refractivity contribution in [2.45, 2.75) is 236 Å². The summed E-state index contributed by atoms with van der Waals surface area (Å²) in [6.07, 6.45) is 30.1. The quantitative estimate of drug-likeness (QED) is 0.0364. The van der Waals surface area contributed by atoms with Gasteiger partial charge in [0.05, 0.1) is 39.6 Å². The summed E-state index contributed by atoms with van der Waals surface area (Å²) in [5, 5.41) is 10.5. The molecule has 0 radical (unpaired) electrons. The Hall–Kier alpha value is -5.13. The average Bonchev–Trinajstić information content (AvgIpc) is 3.45. The predicted octanol–water partition coefficient (Wildman–Crippen LogP) is 20.2. The van der Waals surface area contributed by atoms with E-state index < -0.39 is 0 Å². The molecule has 0 fully saturated rings. The molecule has 0 spiro atoms. The monoisotopic (exact) mass is 1090 g/mol. The van der Waals surface area contributed by atoms with Gasteiger partial charge in [-0.3, -0.25) is 0 Å². The van der Waals surface area contributed by atoms with Crippen LogP contribution in [-0.4, -0.2) is 54.6 Å². The number of rotatable bonds is 48. The highest BCUT2D eigenvalue weighted by molar-refractivity contribution is 5.66. The summed E-state index contributed by atoms with van der Waals surface area (Å²) in [5.74, 6) is 7.71. The summed E-state index contributed by atoms with van der Waals surface area (Å²) in [7, 11) is 0. The van der Waals surface area contributed by atoms with Crippen LogP contribution in [0.25, 0.3) is 0 Å². The summed E-state index contributed by atoms with van der Waals surface area (Å²) >= 11 is 0. The molecule has 0 saturated carbocycles. The zero-order valence-electron chi connectivity index (χ0n) is 51.4. The van der Waals surface area contributed by atoms with Crippen LogP contribution in [0.4, 0.5) is 34.9 Å². The second kappa shape index (κ2) is 41.0. The summed E-state index contributed by atoms with van der Waals surface area (Å²) in [4.78, 5) is 14.9. The third kappa shape index (κ3) is 28.2. The van der Waals surface area contributed by atoms with Crippen LogP contribution in [0.15, 0.2) is 54.6 Å². The topological polar surface area (TPSA) is 130 Å². The summed E-state index contributed by atoms with van der Waals surface area (Å²) in [6, 6.07) is 18.0. The molecule has 4 unspecified atom stereocenters. The number of anilines is 6. The highest BCUT2D eigenvalue weighted by Crippen LogP contribution is 2.36. The molecule has 12 heteroatoms. The minimum absolute atomic E-state index is 0.346. The molecule has 4 atom stereocenters. The number of nitrogens with zero attached hydrogens (tertiary/aromatic N) is 3. The van der Waals surface area contributed by atoms with Crippen molar-refractivity contribution < 1.29 is 28.4 Å². The van der Waals surface area contributed by atoms with E-state index in [1.54, 1.807) is 0 Å². The molecule has 1 aromatic heterocycles. The minimum Gasteiger partial charge on any atom is -0.490 e. The van der Waals surface area contributed by atoms with Crippen molar-refractivity contribution in [3.05, 3.63) is 54.6 Å². The Bertz CT molecular complexity index is 2080. The Morgan fingerprint density at radius 2 is 0.544 bits per heavy atom. The highest BCUT2D eigenvalue weighted by atomic mass is 16.5. The molecule has 1 heterocycles. The van der Waals surface area contributed by atoms with Crippen molar-refractivity contribution >= 4 is 34.9 Å². The Labute approximate surface area is 480 Å². The van der Waals surface area contributed by atoms with E-state index in [2.05, 4.69) is 85.2 Å². The third-order valence-electron chi connectivity index (χ3n) is 14.9. The Morgan fingerprint density at radius 3 is 0.835 bits per heavy atom. The van der Waals surface area contributed by atoms with Crippen LogP contribution in [0.2, 0.25) is 0 Å². The molecule has 0 aliphatic heterocycles. The maximum atomic E-state index is 6.56. The van der Waals surface area contributed by atoms with Crippen molar-refractivity contribution in [1.29, 1.82) is 0 Å². The molecule has 12 nitrogen and oxygen atoms in total. The first-order chi connectivity index (χ1) is 38.6. The normalized spacial score (nSPS) is 12.8. The first-order valence-corrected chi connectivity index (χ1v) is 31.8. The predicted molar refractivity (Wildman–Crippen MR) is 333 cm³/mol. The largest absolute Gasteiger partial charge is 0.490 e. The first-order valence-electron chi connectivity index (χ1n) is 31.8. The van der Waals surface area contributed by atoms with Crippen molar-refractivity contribution in [3.63, 3.8) is 0 Å². The zero-order chi connectivity index (χ0) is 56.7. The second-order valence-corrected chi connectivity index (χ2v) is 22.7. The molecule has 79 heavy (non-hydrogen) atoms. The maximum absolute atomic E-state index is 6.56. The van der Waals surface area contributed by atoms with Crippen LogP contribution in [-0.2, 0) is 0 Å². The van der Waals surface area contributed by atoms with Gasteiger partial charge in [0.25, 0.3) is 0 Å². The van der Waals surface area contributed by atoms with Gasteiger partial charge in [0.1, 0.15) is 0 Å². The van der Waals surface area contributed by atoms with Gasteiger partial charge in [-0.1, -0.05) is 198 Å². The van der Waals surface area contributed by atoms with E-state index in [0.29, 0.717) is 98.4 Å². The van der Waals surface area contributed by atoms with E-state index in [9.17, 15) is 0 Å². The molecule has 0 amide bonds. The summed E-state index contributed by atoms with van der Waals surface area (Å²) < 4.78 is 38.9. The fourth-order valence-electron chi connectivity index (χ4n) is 9.43. The van der Waals surface area contributed by atoms with Crippen molar-refractivity contribution in [3.8, 4) is 34.5 Å². The van der Waals surface area contributed by atoms with Crippen LogP contribution in [0.5, 0.6) is 34.5 Å². The number of ether oxygens (including phenoxy) is 6. The number of hydrogen-bond donors (Lipinski definition) is 3. The lowest BCUT2D eigenvalue weighted by Crippen LogP contribution is -2.10. The minimum atomic E-state index is 0.346. The van der Waals surface area contributed by atoms with Crippen LogP contribution < -0.4 is 44.4 Å². The van der Waals surface area contributed by atoms with Gasteiger partial charge < -0.3 is 44.4 Å². The van der Waals surface area contributed by atoms with Gasteiger partial charge in [0, 0.05) is 35.3 Å². The molecule has 4 aromatic rings. The maximum Gasteiger partial charge on any atom is 0.233 e. The van der Waals surface area contributed by atoms with Crippen LogP contribution in [0.1, 0.15) is 236 Å². The molecule has 444 valence electrons. The number of hydrogen-bond acceptors (Lipinski definition) is 12. The van der Waals surface area contributed by atoms with Gasteiger partial charge in [-0.25, -0.2) is 0 Å². The summed E-state index contributed by atoms with van der Waals surface area (Å²) in [5.41, 5.74) is 2.30. The third-order valence-corrected chi connectivity index (χ3v) is 14.9. The molecular formula is C67H110N6O6. The van der Waals surface area contributed by atoms with E-state index in [1.807, 2.05) is 54.6 Å². The lowest BCUT2D eigenvalue weighted by Gasteiger charge is -2.18. The van der Waals surface area contributed by atoms with Gasteiger partial charge in [-0.2, -0.15) is 15.0 Å². The SMILES string of the molecule is CCCCCCCOc1ccc(Nc2nc(Nc3ccc(OCCC(C)CCCC)c(OCCC(C)CCCC)c3)nc(Nc3ccc(OCCC(C)CCCC)c(OCCC(C)CCCC)c3)n2)cc1OCCCCCCC. The number of aromatic nitrogens is 3. The van der Waals surface area contributed by atoms with E-state index in [0.717, 1.165) is 85.7 Å². The smallest absolute Gasteiger partial charge is 0.233 e. The van der Waals surface area contributed by atoms with Crippen molar-refractivity contribution in [1.82, 2.24) is 15.0 Å². The van der Waals surface area contributed by atoms with E-state index in [-0.39, 0.29) is 0 Å². The van der Waals surface area contributed by atoms with Gasteiger partial charge in [0.15, 0.2) is 34.5 Å². The van der Waals surface area contributed by atoms with Gasteiger partial charge in [-0.15, -0.1) is 0 Å². The van der Waals surface area contributed by atoms with Gasteiger partial charge in [0.2, 0.25) is 17.8 Å². The zero-order valence-corrected chi connectivity index (χ0v) is 51.4. The summed E-state index contributed by atoms with van der Waals surface area (Å²) in [6.45, 7) is 26.5. The highest BCUT2D eigenvalue weighted by Gasteiger charge is 2.17. The van der Waals surface area contributed by atoms with Crippen molar-refractivity contribution in [2.24, 2.45) is 23.7 Å². The first kappa shape index (κ1) is 66.4. The average molecular weight is 1100 g/mol. The number of nitrogens with one attached hydrogen (secondary N) is 3. The number of benzene rings is 3. The van der Waals surface area contributed by atoms with Gasteiger partial charge in [-0.05, 0) is 98.6 Å². The van der Waals surface area contributed by atoms with Crippen LogP contribution in [0, 0.1) is 23.7 Å². The van der Waals surface area contributed by atoms with Crippen molar-refractivity contribution in [2.75, 3.05) is 55.6 Å². The lowest BCUT2D eigenvalue weighted by atomic mass is 10.0. The van der Waals surface area contributed by atoms with Crippen LogP contribution >= 0.6 is 0 Å². The second-order valence-electron chi connectivity index (χ2n) is 22.7. The Morgan fingerprint density at radius 1 is 0.291 bits per heavy atom. The molecule has 0 bridgehead atoms. The van der Waals surface area contributed by atoms with Gasteiger partial charge >= 0.3 is 0 Å². The number of unbranched alkanes of at least 4 members (excludes halogenated alkanes) is 12. The molecule has 0 aliphatic rings. The molecular weight excluding hydrogens is 985 g/mol. The molecule has 3 N–H and O–H groups in total. The Balaban J connectivity index is 1.71. The fraction of sp³-hybridized carbons (Fsp3) is 0.687. The van der Waals surface area contributed by atoms with E-state index in [1.165, 1.54) is 116 Å². The van der Waals surface area contributed by atoms with E-state index >= 15 is 0 Å². The molecule has 0 saturated heterocycles. The Kier molecular flexibility index (Phi) is 34.4. The molecule has 4 rings (SSSR count). The molecule has 3 aromatic carbocycles. The molecule has 0 aliphatic carbocycles.